The molecule has 0 radical (unpaired) electrons. The molecule has 4 rings (SSSR count). The summed E-state index contributed by atoms with van der Waals surface area (Å²) in [7, 11) is 2.42. The SMILES string of the molecule is CC=O.CF.Cn1cnc2c(NC(=O)c3csc4cnc(NCCN)nc34)cccc21. The molecule has 0 aliphatic rings. The number of aldehydes is 1. The summed E-state index contributed by atoms with van der Waals surface area (Å²) in [5.41, 5.74) is 9.00. The molecule has 9 nitrogen and oxygen atoms in total. The second kappa shape index (κ2) is 11.7. The molecule has 3 heterocycles. The molecule has 11 heteroatoms. The number of nitrogens with one attached hydrogen (secondary N) is 2. The third-order valence-electron chi connectivity index (χ3n) is 3.99. The minimum atomic E-state index is -0.224. The van der Waals surface area contributed by atoms with Crippen molar-refractivity contribution >= 4 is 56.4 Å². The molecule has 0 atom stereocenters. The molecule has 4 N–H and O–H groups in total. The van der Waals surface area contributed by atoms with Crippen LogP contribution in [0.3, 0.4) is 0 Å². The highest BCUT2D eigenvalue weighted by molar-refractivity contribution is 7.17. The number of nitrogens with two attached hydrogens (primary N) is 1. The second-order valence-corrected chi connectivity index (χ2v) is 6.90. The topological polar surface area (TPSA) is 128 Å². The summed E-state index contributed by atoms with van der Waals surface area (Å²) in [6.45, 7) is 2.49. The highest BCUT2D eigenvalue weighted by Gasteiger charge is 2.16. The highest BCUT2D eigenvalue weighted by atomic mass is 32.1. The van der Waals surface area contributed by atoms with Crippen molar-refractivity contribution in [2.75, 3.05) is 30.9 Å². The number of amides is 1. The predicted molar refractivity (Wildman–Crippen MR) is 122 cm³/mol. The smallest absolute Gasteiger partial charge is 0.258 e. The van der Waals surface area contributed by atoms with E-state index in [0.29, 0.717) is 43.0 Å². The van der Waals surface area contributed by atoms with E-state index in [9.17, 15) is 9.18 Å². The number of hydrogen-bond acceptors (Lipinski definition) is 8. The van der Waals surface area contributed by atoms with E-state index in [1.165, 1.54) is 18.3 Å². The molecule has 1 amide bonds. The Morgan fingerprint density at radius 1 is 1.29 bits per heavy atom. The summed E-state index contributed by atoms with van der Waals surface area (Å²) in [5, 5.41) is 7.77. The van der Waals surface area contributed by atoms with E-state index in [2.05, 4.69) is 25.6 Å². The summed E-state index contributed by atoms with van der Waals surface area (Å²) >= 11 is 1.44. The lowest BCUT2D eigenvalue weighted by atomic mass is 10.2. The van der Waals surface area contributed by atoms with Gasteiger partial charge < -0.3 is 25.7 Å². The number of anilines is 2. The molecule has 0 bridgehead atoms. The van der Waals surface area contributed by atoms with Gasteiger partial charge in [-0.25, -0.2) is 15.0 Å². The number of nitrogens with zero attached hydrogens (tertiary/aromatic N) is 4. The zero-order valence-electron chi connectivity index (χ0n) is 17.4. The van der Waals surface area contributed by atoms with Crippen LogP contribution in [0, 0.1) is 0 Å². The monoisotopic (exact) mass is 445 g/mol. The van der Waals surface area contributed by atoms with Gasteiger partial charge in [-0.2, -0.15) is 0 Å². The van der Waals surface area contributed by atoms with Crippen LogP contribution in [-0.4, -0.2) is 52.0 Å². The van der Waals surface area contributed by atoms with Crippen molar-refractivity contribution < 1.29 is 14.0 Å². The van der Waals surface area contributed by atoms with E-state index in [4.69, 9.17) is 10.5 Å². The van der Waals surface area contributed by atoms with Crippen molar-refractivity contribution in [3.63, 3.8) is 0 Å². The van der Waals surface area contributed by atoms with Crippen molar-refractivity contribution in [2.45, 2.75) is 6.92 Å². The standard InChI is InChI=1S/C17H17N7OS.C2H4O.CH3F/c1-24-9-21-15-11(3-2-4-12(15)24)22-16(25)10-8-26-13-7-20-17(19-6-5-18)23-14(10)13;1-2-3;1-2/h2-4,7-9H,5-6,18H2,1H3,(H,22,25)(H,19,20,23);2H,1H3;1H3. The summed E-state index contributed by atoms with van der Waals surface area (Å²) in [4.78, 5) is 34.7. The summed E-state index contributed by atoms with van der Waals surface area (Å²) in [6.07, 6.45) is 4.19. The Hall–Kier alpha value is -3.44. The number of aromatic nitrogens is 4. The van der Waals surface area contributed by atoms with Crippen molar-refractivity contribution in [3.8, 4) is 0 Å². The number of carbonyl (C=O) groups is 2. The molecule has 3 aromatic heterocycles. The number of imidazole rings is 1. The van der Waals surface area contributed by atoms with Crippen LogP contribution in [0.25, 0.3) is 21.3 Å². The molecule has 0 aliphatic heterocycles. The Morgan fingerprint density at radius 3 is 2.74 bits per heavy atom. The van der Waals surface area contributed by atoms with E-state index in [0.717, 1.165) is 22.0 Å². The molecule has 4 aromatic rings. The van der Waals surface area contributed by atoms with Crippen LogP contribution in [-0.2, 0) is 11.8 Å². The largest absolute Gasteiger partial charge is 0.353 e. The number of aryl methyl sites for hydroxylation is 1. The maximum atomic E-state index is 12.8. The molecule has 0 aliphatic carbocycles. The highest BCUT2D eigenvalue weighted by Crippen LogP contribution is 2.27. The van der Waals surface area contributed by atoms with Crippen LogP contribution in [0.2, 0.25) is 0 Å². The number of fused-ring (bicyclic) bond motifs is 2. The van der Waals surface area contributed by atoms with E-state index in [-0.39, 0.29) is 5.91 Å². The fourth-order valence-corrected chi connectivity index (χ4v) is 3.55. The number of thiophene rings is 1. The maximum absolute atomic E-state index is 12.8. The van der Waals surface area contributed by atoms with Crippen LogP contribution in [0.15, 0.2) is 36.1 Å². The van der Waals surface area contributed by atoms with Gasteiger partial charge in [-0.1, -0.05) is 6.07 Å². The molecule has 0 fully saturated rings. The predicted octanol–water partition coefficient (Wildman–Crippen LogP) is 2.99. The average molecular weight is 446 g/mol. The zero-order chi connectivity index (χ0) is 22.8. The van der Waals surface area contributed by atoms with E-state index in [1.54, 1.807) is 17.9 Å². The van der Waals surface area contributed by atoms with E-state index < -0.39 is 0 Å². The number of para-hydroxylation sites is 1. The summed E-state index contributed by atoms with van der Waals surface area (Å²) in [6, 6.07) is 5.69. The second-order valence-electron chi connectivity index (χ2n) is 5.99. The fraction of sp³-hybridized carbons (Fsp3) is 0.250. The molecule has 1 aromatic carbocycles. The van der Waals surface area contributed by atoms with Crippen molar-refractivity contribution in [1.82, 2.24) is 19.5 Å². The molecule has 164 valence electrons. The number of rotatable bonds is 5. The van der Waals surface area contributed by atoms with Gasteiger partial charge in [0.15, 0.2) is 0 Å². The van der Waals surface area contributed by atoms with Gasteiger partial charge in [0.2, 0.25) is 5.95 Å². The molecular weight excluding hydrogens is 421 g/mol. The zero-order valence-corrected chi connectivity index (χ0v) is 18.2. The van der Waals surface area contributed by atoms with Gasteiger partial charge in [0.1, 0.15) is 11.8 Å². The first-order valence-electron chi connectivity index (χ1n) is 9.26. The van der Waals surface area contributed by atoms with Crippen molar-refractivity contribution in [3.05, 3.63) is 41.7 Å². The van der Waals surface area contributed by atoms with Gasteiger partial charge in [0.25, 0.3) is 5.91 Å². The third-order valence-corrected chi connectivity index (χ3v) is 4.90. The van der Waals surface area contributed by atoms with Gasteiger partial charge in [-0.15, -0.1) is 11.3 Å². The lowest BCUT2D eigenvalue weighted by Crippen LogP contribution is -2.15. The van der Waals surface area contributed by atoms with Gasteiger partial charge in [0.05, 0.1) is 46.7 Å². The maximum Gasteiger partial charge on any atom is 0.258 e. The van der Waals surface area contributed by atoms with Gasteiger partial charge >= 0.3 is 0 Å². The summed E-state index contributed by atoms with van der Waals surface area (Å²) in [5.74, 6) is 0.236. The van der Waals surface area contributed by atoms with Gasteiger partial charge in [0, 0.05) is 25.5 Å². The number of benzene rings is 1. The normalized spacial score (nSPS) is 9.97. The van der Waals surface area contributed by atoms with Crippen LogP contribution in [0.5, 0.6) is 0 Å². The van der Waals surface area contributed by atoms with Crippen molar-refractivity contribution in [2.24, 2.45) is 12.8 Å². The third kappa shape index (κ3) is 5.58. The molecule has 31 heavy (non-hydrogen) atoms. The molecule has 0 saturated carbocycles. The van der Waals surface area contributed by atoms with Gasteiger partial charge in [-0.3, -0.25) is 9.18 Å². The quantitative estimate of drug-likeness (QED) is 0.403. The van der Waals surface area contributed by atoms with E-state index in [1.807, 2.05) is 29.8 Å². The van der Waals surface area contributed by atoms with Crippen LogP contribution < -0.4 is 16.4 Å². The molecular formula is C20H24FN7O2S. The summed E-state index contributed by atoms with van der Waals surface area (Å²) < 4.78 is 12.3. The molecule has 0 saturated heterocycles. The minimum absolute atomic E-state index is 0.224. The number of alkyl halides is 1. The van der Waals surface area contributed by atoms with Crippen LogP contribution >= 0.6 is 11.3 Å². The first kappa shape index (κ1) is 23.8. The first-order chi connectivity index (χ1) is 15.1. The minimum Gasteiger partial charge on any atom is -0.353 e. The van der Waals surface area contributed by atoms with Crippen molar-refractivity contribution in [1.29, 1.82) is 0 Å². The van der Waals surface area contributed by atoms with E-state index >= 15 is 0 Å². The van der Waals surface area contributed by atoms with Gasteiger partial charge in [-0.05, 0) is 19.1 Å². The Kier molecular flexibility index (Phi) is 8.97. The number of hydrogen-bond donors (Lipinski definition) is 3. The average Bonchev–Trinajstić information content (AvgIpc) is 3.38. The number of halogens is 1. The fourth-order valence-electron chi connectivity index (χ4n) is 2.71. The van der Waals surface area contributed by atoms with Crippen LogP contribution in [0.4, 0.5) is 16.0 Å². The first-order valence-corrected chi connectivity index (χ1v) is 10.1. The molecule has 0 spiro atoms. The Morgan fingerprint density at radius 2 is 2.03 bits per heavy atom. The Balaban J connectivity index is 0.000000630. The number of carbonyl (C=O) groups excluding carboxylic acids is 2. The lowest BCUT2D eigenvalue weighted by Gasteiger charge is -2.06. The Labute approximate surface area is 182 Å². The molecule has 0 unspecified atom stereocenters. The van der Waals surface area contributed by atoms with Crippen LogP contribution in [0.1, 0.15) is 17.3 Å². The Bertz CT molecular complexity index is 1160. The lowest BCUT2D eigenvalue weighted by molar-refractivity contribution is -0.106.